The van der Waals surface area contributed by atoms with E-state index in [2.05, 4.69) is 15.6 Å². The van der Waals surface area contributed by atoms with E-state index in [9.17, 15) is 14.4 Å². The predicted molar refractivity (Wildman–Crippen MR) is 100 cm³/mol. The molecule has 0 saturated carbocycles. The van der Waals surface area contributed by atoms with Gasteiger partial charge in [0.25, 0.3) is 11.5 Å². The number of hydrogen-bond donors (Lipinski definition) is 2. The van der Waals surface area contributed by atoms with Gasteiger partial charge >= 0.3 is 5.69 Å². The molecule has 3 rings (SSSR count). The van der Waals surface area contributed by atoms with E-state index in [4.69, 9.17) is 0 Å². The molecule has 1 aliphatic heterocycles. The van der Waals surface area contributed by atoms with E-state index in [-0.39, 0.29) is 48.1 Å². The standard InChI is InChI=1S/C15H19N5O3.2ClH/c1-8-6-10(13(21)17-9-4-5-16-7-9)18-12-11(8)14(22)20(3)15(23)19(12)2;;/h6,9,16H,4-5,7H2,1-3H3,(H,17,21);2*1H. The molecule has 1 atom stereocenters. The number of carbonyl (C=O) groups is 1. The van der Waals surface area contributed by atoms with Gasteiger partial charge in [-0.25, -0.2) is 9.78 Å². The molecule has 0 bridgehead atoms. The maximum absolute atomic E-state index is 12.4. The second kappa shape index (κ2) is 7.99. The maximum Gasteiger partial charge on any atom is 0.332 e. The quantitative estimate of drug-likeness (QED) is 0.745. The predicted octanol–water partition coefficient (Wildman–Crippen LogP) is -0.124. The molecular formula is C15H21Cl2N5O3. The van der Waals surface area contributed by atoms with Crippen LogP contribution in [0.3, 0.4) is 0 Å². The monoisotopic (exact) mass is 389 g/mol. The van der Waals surface area contributed by atoms with Crippen LogP contribution in [0.5, 0.6) is 0 Å². The first-order valence-electron chi connectivity index (χ1n) is 7.49. The highest BCUT2D eigenvalue weighted by Crippen LogP contribution is 2.13. The van der Waals surface area contributed by atoms with Crippen LogP contribution in [0, 0.1) is 6.92 Å². The molecule has 1 fully saturated rings. The molecule has 0 radical (unpaired) electrons. The molecule has 1 aliphatic rings. The van der Waals surface area contributed by atoms with Crippen LogP contribution >= 0.6 is 24.8 Å². The number of carbonyl (C=O) groups excluding carboxylic acids is 1. The molecule has 3 heterocycles. The second-order valence-corrected chi connectivity index (χ2v) is 5.89. The molecular weight excluding hydrogens is 369 g/mol. The topological polar surface area (TPSA) is 98.0 Å². The van der Waals surface area contributed by atoms with E-state index in [0.29, 0.717) is 10.9 Å². The van der Waals surface area contributed by atoms with Gasteiger partial charge in [-0.1, -0.05) is 0 Å². The van der Waals surface area contributed by atoms with Gasteiger partial charge in [0.1, 0.15) is 11.3 Å². The maximum atomic E-state index is 12.4. The van der Waals surface area contributed by atoms with Gasteiger partial charge in [-0.05, 0) is 31.5 Å². The van der Waals surface area contributed by atoms with Crippen LogP contribution in [0.15, 0.2) is 15.7 Å². The molecule has 1 unspecified atom stereocenters. The average Bonchev–Trinajstić information content (AvgIpc) is 3.03. The van der Waals surface area contributed by atoms with Gasteiger partial charge in [0, 0.05) is 26.7 Å². The SMILES string of the molecule is Cc1cc(C(=O)NC2CCNC2)nc2c1c(=O)n(C)c(=O)n2C.Cl.Cl. The zero-order chi connectivity index (χ0) is 16.7. The van der Waals surface area contributed by atoms with Crippen LogP contribution in [-0.2, 0) is 14.1 Å². The Morgan fingerprint density at radius 1 is 1.28 bits per heavy atom. The summed E-state index contributed by atoms with van der Waals surface area (Å²) < 4.78 is 2.33. The highest BCUT2D eigenvalue weighted by Gasteiger charge is 2.20. The molecule has 25 heavy (non-hydrogen) atoms. The number of nitrogens with one attached hydrogen (secondary N) is 2. The Labute approximate surface area is 156 Å². The molecule has 2 aromatic rings. The number of rotatable bonds is 2. The summed E-state index contributed by atoms with van der Waals surface area (Å²) in [6.45, 7) is 3.35. The third-order valence-electron chi connectivity index (χ3n) is 4.24. The van der Waals surface area contributed by atoms with Crippen molar-refractivity contribution < 1.29 is 4.79 Å². The first kappa shape index (κ1) is 21.1. The Bertz CT molecular complexity index is 916. The fourth-order valence-electron chi connectivity index (χ4n) is 2.89. The smallest absolute Gasteiger partial charge is 0.332 e. The molecule has 10 heteroatoms. The lowest BCUT2D eigenvalue weighted by Gasteiger charge is -2.13. The molecule has 0 aromatic carbocycles. The summed E-state index contributed by atoms with van der Waals surface area (Å²) in [5.74, 6) is -0.295. The van der Waals surface area contributed by atoms with Gasteiger partial charge < -0.3 is 10.6 Å². The fourth-order valence-corrected chi connectivity index (χ4v) is 2.89. The molecule has 1 amide bonds. The number of aromatic nitrogens is 3. The van der Waals surface area contributed by atoms with Crippen LogP contribution in [0.1, 0.15) is 22.5 Å². The Balaban J connectivity index is 0.00000156. The van der Waals surface area contributed by atoms with E-state index in [1.807, 2.05) is 0 Å². The van der Waals surface area contributed by atoms with Gasteiger partial charge in [-0.2, -0.15) is 0 Å². The highest BCUT2D eigenvalue weighted by molar-refractivity contribution is 5.95. The normalized spacial score (nSPS) is 16.2. The minimum atomic E-state index is -0.466. The molecule has 0 aliphatic carbocycles. The van der Waals surface area contributed by atoms with E-state index in [1.54, 1.807) is 20.0 Å². The number of amides is 1. The zero-order valence-electron chi connectivity index (χ0n) is 14.2. The Kier molecular flexibility index (Phi) is 6.75. The van der Waals surface area contributed by atoms with Crippen LogP contribution < -0.4 is 21.9 Å². The van der Waals surface area contributed by atoms with Crippen molar-refractivity contribution >= 4 is 41.8 Å². The Hall–Kier alpha value is -1.90. The van der Waals surface area contributed by atoms with Gasteiger partial charge in [-0.15, -0.1) is 24.8 Å². The first-order chi connectivity index (χ1) is 10.9. The van der Waals surface area contributed by atoms with Crippen molar-refractivity contribution in [1.82, 2.24) is 24.8 Å². The molecule has 138 valence electrons. The van der Waals surface area contributed by atoms with Gasteiger partial charge in [0.15, 0.2) is 0 Å². The molecule has 2 aromatic heterocycles. The van der Waals surface area contributed by atoms with Crippen molar-refractivity contribution in [1.29, 1.82) is 0 Å². The lowest BCUT2D eigenvalue weighted by Crippen LogP contribution is -2.39. The number of hydrogen-bond acceptors (Lipinski definition) is 5. The van der Waals surface area contributed by atoms with Gasteiger partial charge in [-0.3, -0.25) is 18.7 Å². The van der Waals surface area contributed by atoms with Crippen molar-refractivity contribution in [2.75, 3.05) is 13.1 Å². The van der Waals surface area contributed by atoms with E-state index in [1.165, 1.54) is 11.6 Å². The summed E-state index contributed by atoms with van der Waals surface area (Å²) in [5, 5.41) is 6.44. The van der Waals surface area contributed by atoms with Crippen LogP contribution in [0.4, 0.5) is 0 Å². The van der Waals surface area contributed by atoms with Gasteiger partial charge in [0.2, 0.25) is 0 Å². The third kappa shape index (κ3) is 3.70. The van der Waals surface area contributed by atoms with Crippen LogP contribution in [0.2, 0.25) is 0 Å². The van der Waals surface area contributed by atoms with Crippen LogP contribution in [-0.4, -0.2) is 39.2 Å². The van der Waals surface area contributed by atoms with Crippen molar-refractivity contribution in [3.05, 3.63) is 38.2 Å². The number of halogens is 2. The fraction of sp³-hybridized carbons (Fsp3) is 0.467. The molecule has 2 N–H and O–H groups in total. The summed E-state index contributed by atoms with van der Waals surface area (Å²) in [7, 11) is 2.97. The largest absolute Gasteiger partial charge is 0.347 e. The van der Waals surface area contributed by atoms with Crippen molar-refractivity contribution in [2.24, 2.45) is 14.1 Å². The number of aryl methyl sites for hydroxylation is 2. The van der Waals surface area contributed by atoms with Crippen molar-refractivity contribution in [3.8, 4) is 0 Å². The van der Waals surface area contributed by atoms with E-state index >= 15 is 0 Å². The minimum Gasteiger partial charge on any atom is -0.347 e. The van der Waals surface area contributed by atoms with Gasteiger partial charge in [0.05, 0.1) is 5.39 Å². The zero-order valence-corrected chi connectivity index (χ0v) is 15.8. The van der Waals surface area contributed by atoms with Crippen molar-refractivity contribution in [3.63, 3.8) is 0 Å². The molecule has 1 saturated heterocycles. The summed E-state index contributed by atoms with van der Waals surface area (Å²) in [4.78, 5) is 41.0. The second-order valence-electron chi connectivity index (χ2n) is 5.89. The number of fused-ring (bicyclic) bond motifs is 1. The van der Waals surface area contributed by atoms with Crippen molar-refractivity contribution in [2.45, 2.75) is 19.4 Å². The lowest BCUT2D eigenvalue weighted by molar-refractivity contribution is 0.0935. The lowest BCUT2D eigenvalue weighted by atomic mass is 10.1. The third-order valence-corrected chi connectivity index (χ3v) is 4.24. The number of pyridine rings is 1. The minimum absolute atomic E-state index is 0. The highest BCUT2D eigenvalue weighted by atomic mass is 35.5. The Morgan fingerprint density at radius 3 is 2.56 bits per heavy atom. The van der Waals surface area contributed by atoms with E-state index in [0.717, 1.165) is 24.1 Å². The van der Waals surface area contributed by atoms with Crippen LogP contribution in [0.25, 0.3) is 11.0 Å². The molecule has 8 nitrogen and oxygen atoms in total. The van der Waals surface area contributed by atoms with E-state index < -0.39 is 11.2 Å². The Morgan fingerprint density at radius 2 is 1.96 bits per heavy atom. The number of nitrogens with zero attached hydrogens (tertiary/aromatic N) is 3. The summed E-state index contributed by atoms with van der Waals surface area (Å²) >= 11 is 0. The summed E-state index contributed by atoms with van der Waals surface area (Å²) in [6.07, 6.45) is 0.872. The first-order valence-corrected chi connectivity index (χ1v) is 7.49. The summed E-state index contributed by atoms with van der Waals surface area (Å²) in [5.41, 5.74) is 0.200. The summed E-state index contributed by atoms with van der Waals surface area (Å²) in [6, 6.07) is 1.67. The average molecular weight is 390 g/mol. The molecule has 0 spiro atoms.